The summed E-state index contributed by atoms with van der Waals surface area (Å²) >= 11 is 0. The molecule has 0 spiro atoms. The number of carboxylic acids is 1. The third-order valence-corrected chi connectivity index (χ3v) is 3.84. The number of halogens is 2. The lowest BCUT2D eigenvalue weighted by Gasteiger charge is -2.14. The van der Waals surface area contributed by atoms with Crippen molar-refractivity contribution in [3.63, 3.8) is 0 Å². The first-order valence-electron chi connectivity index (χ1n) is 5.48. The molecule has 1 aromatic rings. The Morgan fingerprint density at radius 3 is 2.58 bits per heavy atom. The summed E-state index contributed by atoms with van der Waals surface area (Å²) in [6.45, 7) is 1.67. The molecule has 1 aromatic carbocycles. The molecule has 0 aliphatic heterocycles. The highest BCUT2D eigenvalue weighted by Crippen LogP contribution is 2.16. The maximum Gasteiger partial charge on any atom is 0.321 e. The summed E-state index contributed by atoms with van der Waals surface area (Å²) < 4.78 is 51.8. The fraction of sp³-hybridized carbons (Fsp3) is 0.364. The Labute approximate surface area is 109 Å². The van der Waals surface area contributed by atoms with E-state index in [0.29, 0.717) is 18.6 Å². The van der Waals surface area contributed by atoms with Gasteiger partial charge in [0.15, 0.2) is 0 Å². The number of carboxylic acid groups (broad SMARTS) is 1. The Hall–Kier alpha value is -1.54. The standard InChI is InChI=1S/C11H13F2NO4S/c1-2-3-9(11(15)16)14-19(17,18)10-6-7(12)4-5-8(10)13/h4-6,9,14H,2-3H2,1H3,(H,15,16). The van der Waals surface area contributed by atoms with Crippen LogP contribution in [0.4, 0.5) is 8.78 Å². The molecule has 0 saturated heterocycles. The lowest BCUT2D eigenvalue weighted by atomic mass is 10.2. The molecule has 19 heavy (non-hydrogen) atoms. The smallest absolute Gasteiger partial charge is 0.321 e. The quantitative estimate of drug-likeness (QED) is 0.832. The molecule has 0 aliphatic rings. The average Bonchev–Trinajstić information content (AvgIpc) is 2.31. The van der Waals surface area contributed by atoms with E-state index in [0.717, 1.165) is 6.07 Å². The van der Waals surface area contributed by atoms with Gasteiger partial charge in [-0.05, 0) is 24.6 Å². The van der Waals surface area contributed by atoms with Crippen molar-refractivity contribution in [2.75, 3.05) is 0 Å². The number of benzene rings is 1. The number of aliphatic carboxylic acids is 1. The van der Waals surface area contributed by atoms with Crippen LogP contribution in [0.3, 0.4) is 0 Å². The van der Waals surface area contributed by atoms with Crippen molar-refractivity contribution in [1.29, 1.82) is 0 Å². The van der Waals surface area contributed by atoms with E-state index < -0.39 is 38.6 Å². The second-order valence-corrected chi connectivity index (χ2v) is 5.56. The monoisotopic (exact) mass is 293 g/mol. The predicted octanol–water partition coefficient (Wildman–Crippen LogP) is 1.50. The molecule has 1 rings (SSSR count). The lowest BCUT2D eigenvalue weighted by molar-refractivity contribution is -0.139. The first-order chi connectivity index (χ1) is 8.77. The lowest BCUT2D eigenvalue weighted by Crippen LogP contribution is -2.40. The Kier molecular flexibility index (Phi) is 4.96. The summed E-state index contributed by atoms with van der Waals surface area (Å²) in [4.78, 5) is 9.95. The SMILES string of the molecule is CCCC(NS(=O)(=O)c1cc(F)ccc1F)C(=O)O. The van der Waals surface area contributed by atoms with E-state index in [1.807, 2.05) is 4.72 Å². The summed E-state index contributed by atoms with van der Waals surface area (Å²) in [5.74, 6) is -3.44. The van der Waals surface area contributed by atoms with Crippen LogP contribution in [-0.4, -0.2) is 25.5 Å². The average molecular weight is 293 g/mol. The third kappa shape index (κ3) is 3.97. The van der Waals surface area contributed by atoms with E-state index in [1.54, 1.807) is 6.92 Å². The molecule has 1 unspecified atom stereocenters. The van der Waals surface area contributed by atoms with E-state index >= 15 is 0 Å². The highest BCUT2D eigenvalue weighted by atomic mass is 32.2. The molecule has 0 bridgehead atoms. The van der Waals surface area contributed by atoms with Gasteiger partial charge in [-0.2, -0.15) is 4.72 Å². The van der Waals surface area contributed by atoms with Crippen LogP contribution in [0.25, 0.3) is 0 Å². The van der Waals surface area contributed by atoms with Crippen LogP contribution >= 0.6 is 0 Å². The van der Waals surface area contributed by atoms with Gasteiger partial charge in [-0.3, -0.25) is 4.79 Å². The zero-order valence-corrected chi connectivity index (χ0v) is 10.9. The van der Waals surface area contributed by atoms with E-state index in [-0.39, 0.29) is 6.42 Å². The van der Waals surface area contributed by atoms with Crippen LogP contribution in [0.15, 0.2) is 23.1 Å². The van der Waals surface area contributed by atoms with Crippen LogP contribution in [0.5, 0.6) is 0 Å². The van der Waals surface area contributed by atoms with E-state index in [1.165, 1.54) is 0 Å². The molecule has 0 fully saturated rings. The molecule has 0 saturated carbocycles. The molecule has 0 aromatic heterocycles. The van der Waals surface area contributed by atoms with Gasteiger partial charge in [0.05, 0.1) is 0 Å². The molecular weight excluding hydrogens is 280 g/mol. The first kappa shape index (κ1) is 15.5. The molecule has 0 heterocycles. The summed E-state index contributed by atoms with van der Waals surface area (Å²) in [6.07, 6.45) is 0.469. The molecule has 0 amide bonds. The van der Waals surface area contributed by atoms with Crippen LogP contribution < -0.4 is 4.72 Å². The Morgan fingerprint density at radius 2 is 2.05 bits per heavy atom. The minimum Gasteiger partial charge on any atom is -0.480 e. The molecule has 5 nitrogen and oxygen atoms in total. The van der Waals surface area contributed by atoms with Gasteiger partial charge in [-0.1, -0.05) is 13.3 Å². The number of sulfonamides is 1. The fourth-order valence-corrected chi connectivity index (χ4v) is 2.77. The number of rotatable bonds is 6. The molecule has 8 heteroatoms. The summed E-state index contributed by atoms with van der Waals surface area (Å²) in [7, 11) is -4.43. The Balaban J connectivity index is 3.10. The number of hydrogen-bond donors (Lipinski definition) is 2. The summed E-state index contributed by atoms with van der Waals surface area (Å²) in [6, 6.07) is 0.564. The molecule has 106 valence electrons. The largest absolute Gasteiger partial charge is 0.480 e. The summed E-state index contributed by atoms with van der Waals surface area (Å²) in [5.41, 5.74) is 0. The van der Waals surface area contributed by atoms with Gasteiger partial charge >= 0.3 is 5.97 Å². The molecule has 1 atom stereocenters. The van der Waals surface area contributed by atoms with Crippen molar-refractivity contribution in [2.45, 2.75) is 30.7 Å². The Bertz CT molecular complexity index is 574. The third-order valence-electron chi connectivity index (χ3n) is 2.36. The van der Waals surface area contributed by atoms with Crippen LogP contribution in [0.1, 0.15) is 19.8 Å². The molecule has 2 N–H and O–H groups in total. The molecular formula is C11H13F2NO4S. The maximum absolute atomic E-state index is 13.4. The van der Waals surface area contributed by atoms with Gasteiger partial charge in [-0.25, -0.2) is 17.2 Å². The zero-order valence-electron chi connectivity index (χ0n) is 10.1. The second kappa shape index (κ2) is 6.07. The van der Waals surface area contributed by atoms with Gasteiger partial charge < -0.3 is 5.11 Å². The van der Waals surface area contributed by atoms with Gasteiger partial charge in [0.2, 0.25) is 10.0 Å². The topological polar surface area (TPSA) is 83.5 Å². The number of carbonyl (C=O) groups is 1. The highest BCUT2D eigenvalue weighted by molar-refractivity contribution is 7.89. The highest BCUT2D eigenvalue weighted by Gasteiger charge is 2.27. The van der Waals surface area contributed by atoms with E-state index in [2.05, 4.69) is 0 Å². The van der Waals surface area contributed by atoms with Crippen LogP contribution in [0.2, 0.25) is 0 Å². The van der Waals surface area contributed by atoms with Crippen LogP contribution in [0, 0.1) is 11.6 Å². The summed E-state index contributed by atoms with van der Waals surface area (Å²) in [5, 5.41) is 8.84. The van der Waals surface area contributed by atoms with E-state index in [9.17, 15) is 22.0 Å². The van der Waals surface area contributed by atoms with Gasteiger partial charge in [0, 0.05) is 0 Å². The maximum atomic E-state index is 13.4. The molecule has 0 radical (unpaired) electrons. The van der Waals surface area contributed by atoms with Gasteiger partial charge in [-0.15, -0.1) is 0 Å². The Morgan fingerprint density at radius 1 is 1.42 bits per heavy atom. The van der Waals surface area contributed by atoms with Crippen molar-refractivity contribution in [1.82, 2.24) is 4.72 Å². The minimum absolute atomic E-state index is 0.0471. The number of hydrogen-bond acceptors (Lipinski definition) is 3. The van der Waals surface area contributed by atoms with Crippen molar-refractivity contribution in [3.05, 3.63) is 29.8 Å². The first-order valence-corrected chi connectivity index (χ1v) is 6.96. The molecule has 0 aliphatic carbocycles. The fourth-order valence-electron chi connectivity index (χ4n) is 1.46. The van der Waals surface area contributed by atoms with Crippen molar-refractivity contribution < 1.29 is 27.1 Å². The van der Waals surface area contributed by atoms with Crippen LogP contribution in [-0.2, 0) is 14.8 Å². The zero-order chi connectivity index (χ0) is 14.6. The van der Waals surface area contributed by atoms with E-state index in [4.69, 9.17) is 5.11 Å². The minimum atomic E-state index is -4.43. The second-order valence-electron chi connectivity index (χ2n) is 3.88. The van der Waals surface area contributed by atoms with Crippen molar-refractivity contribution in [2.24, 2.45) is 0 Å². The number of nitrogens with one attached hydrogen (secondary N) is 1. The van der Waals surface area contributed by atoms with Crippen molar-refractivity contribution in [3.8, 4) is 0 Å². The predicted molar refractivity (Wildman–Crippen MR) is 63.0 cm³/mol. The normalized spacial score (nSPS) is 13.2. The van der Waals surface area contributed by atoms with Crippen molar-refractivity contribution >= 4 is 16.0 Å². The van der Waals surface area contributed by atoms with Gasteiger partial charge in [0.1, 0.15) is 22.6 Å². The van der Waals surface area contributed by atoms with Gasteiger partial charge in [0.25, 0.3) is 0 Å².